The number of carbonyl (C=O) groups excluding carboxylic acids is 2. The standard InChI is InChI=1S/C72H133N2O7P/c1-7-10-13-16-19-22-25-28-30-32-33-34-35-36-37-38-39-40-41-43-44-46-49-52-55-58-61-64-71(75)73-69(68-80-82(77,78)79-67-66-74(4,5)6)70(63-60-57-54-51-48-27-24-21-18-15-12-9-3)81-72(76)65-62-59-56-53-50-47-45-42-31-29-26-23-20-17-14-11-8-2/h19-20,22-23,28-31,33-34,60,63,69-70H,7-18,21,24-27,32,35-59,61-62,64-68H2,1-6H3,(H-,73,75,77,78)/p+1/b22-19-,23-20-,30-28-,31-29-,34-33-,63-60-. The maximum absolute atomic E-state index is 13.6. The number of hydrogen-bond donors (Lipinski definition) is 2. The van der Waals surface area contributed by atoms with Crippen molar-refractivity contribution in [2.75, 3.05) is 40.9 Å². The lowest BCUT2D eigenvalue weighted by molar-refractivity contribution is -0.870. The number of hydrogen-bond acceptors (Lipinski definition) is 6. The molecule has 9 nitrogen and oxygen atoms in total. The van der Waals surface area contributed by atoms with Gasteiger partial charge in [-0.25, -0.2) is 4.57 Å². The van der Waals surface area contributed by atoms with Crippen molar-refractivity contribution in [3.8, 4) is 0 Å². The van der Waals surface area contributed by atoms with E-state index in [0.717, 1.165) is 89.9 Å². The zero-order valence-electron chi connectivity index (χ0n) is 54.7. The number of amides is 1. The van der Waals surface area contributed by atoms with Gasteiger partial charge in [-0.05, 0) is 102 Å². The van der Waals surface area contributed by atoms with Crippen molar-refractivity contribution in [1.29, 1.82) is 0 Å². The number of likely N-dealkylation sites (N-methyl/N-ethyl adjacent to an activating group) is 1. The van der Waals surface area contributed by atoms with E-state index in [-0.39, 0.29) is 31.5 Å². The highest BCUT2D eigenvalue weighted by molar-refractivity contribution is 7.47. The summed E-state index contributed by atoms with van der Waals surface area (Å²) in [6, 6.07) is -0.854. The third-order valence-electron chi connectivity index (χ3n) is 15.4. The van der Waals surface area contributed by atoms with Crippen molar-refractivity contribution in [2.45, 2.75) is 335 Å². The smallest absolute Gasteiger partial charge is 0.456 e. The van der Waals surface area contributed by atoms with Gasteiger partial charge in [0.25, 0.3) is 0 Å². The minimum absolute atomic E-state index is 0.0377. The molecular weight excluding hydrogens is 1040 g/mol. The molecule has 2 N–H and O–H groups in total. The Hall–Kier alpha value is -2.55. The Morgan fingerprint density at radius 3 is 1.13 bits per heavy atom. The molecule has 0 heterocycles. The first-order valence-corrected chi connectivity index (χ1v) is 36.3. The summed E-state index contributed by atoms with van der Waals surface area (Å²) in [7, 11) is 1.49. The molecule has 1 amide bonds. The maximum Gasteiger partial charge on any atom is 0.472 e. The third-order valence-corrected chi connectivity index (χ3v) is 16.4. The molecule has 0 aliphatic carbocycles. The number of carbonyl (C=O) groups is 2. The second-order valence-corrected chi connectivity index (χ2v) is 26.1. The van der Waals surface area contributed by atoms with Gasteiger partial charge in [-0.15, -0.1) is 0 Å². The van der Waals surface area contributed by atoms with Gasteiger partial charge in [0, 0.05) is 12.8 Å². The van der Waals surface area contributed by atoms with Gasteiger partial charge in [0.15, 0.2) is 0 Å². The van der Waals surface area contributed by atoms with E-state index in [4.69, 9.17) is 13.8 Å². The quantitative estimate of drug-likeness (QED) is 0.0205. The summed E-state index contributed by atoms with van der Waals surface area (Å²) in [6.07, 6.45) is 80.5. The first-order chi connectivity index (χ1) is 39.9. The van der Waals surface area contributed by atoms with E-state index in [1.54, 1.807) is 0 Å². The van der Waals surface area contributed by atoms with E-state index in [1.807, 2.05) is 33.3 Å². The van der Waals surface area contributed by atoms with Crippen molar-refractivity contribution < 1.29 is 37.3 Å². The van der Waals surface area contributed by atoms with Gasteiger partial charge in [0.1, 0.15) is 19.3 Å². The number of esters is 1. The van der Waals surface area contributed by atoms with E-state index in [9.17, 15) is 19.0 Å². The van der Waals surface area contributed by atoms with Crippen molar-refractivity contribution in [2.24, 2.45) is 0 Å². The average molecular weight is 1170 g/mol. The highest BCUT2D eigenvalue weighted by atomic mass is 31.2. The van der Waals surface area contributed by atoms with Crippen LogP contribution in [0.2, 0.25) is 0 Å². The lowest BCUT2D eigenvalue weighted by Gasteiger charge is -2.27. The van der Waals surface area contributed by atoms with Crippen LogP contribution in [0.5, 0.6) is 0 Å². The topological polar surface area (TPSA) is 111 Å². The predicted octanol–water partition coefficient (Wildman–Crippen LogP) is 22.0. The Morgan fingerprint density at radius 2 is 0.744 bits per heavy atom. The first kappa shape index (κ1) is 79.5. The minimum atomic E-state index is -4.46. The molecule has 0 spiro atoms. The normalized spacial score (nSPS) is 14.0. The number of nitrogens with one attached hydrogen (secondary N) is 1. The molecule has 0 bridgehead atoms. The number of unbranched alkanes of at least 4 members (excludes halogenated alkanes) is 37. The molecule has 0 radical (unpaired) electrons. The van der Waals surface area contributed by atoms with E-state index in [0.29, 0.717) is 17.4 Å². The fourth-order valence-corrected chi connectivity index (χ4v) is 10.7. The molecule has 0 aromatic heterocycles. The fraction of sp³-hybridized carbons (Fsp3) is 0.806. The van der Waals surface area contributed by atoms with Crippen LogP contribution in [-0.2, 0) is 27.9 Å². The van der Waals surface area contributed by atoms with Crippen molar-refractivity contribution >= 4 is 19.7 Å². The van der Waals surface area contributed by atoms with E-state index in [1.165, 1.54) is 199 Å². The molecule has 0 fully saturated rings. The SMILES string of the molecule is CCCCC/C=C\C/C=C\C/C=C\CCCCCCCCCCCCCCCCC(=O)NC(COP(=O)(O)OCC[N+](C)(C)C)C(/C=C\CCCCCCCCCCCC)OC(=O)CCCCCCCCC/C=C\C/C=C\CCCCC. The Morgan fingerprint density at radius 1 is 0.427 bits per heavy atom. The molecule has 10 heteroatoms. The van der Waals surface area contributed by atoms with Crippen molar-refractivity contribution in [3.63, 3.8) is 0 Å². The zero-order chi connectivity index (χ0) is 60.0. The summed E-state index contributed by atoms with van der Waals surface area (Å²) < 4.78 is 30.8. The lowest BCUT2D eigenvalue weighted by atomic mass is 10.0. The molecule has 0 aliphatic rings. The van der Waals surface area contributed by atoms with Crippen LogP contribution in [0.25, 0.3) is 0 Å². The summed E-state index contributed by atoms with van der Waals surface area (Å²) in [5.74, 6) is -0.507. The van der Waals surface area contributed by atoms with Gasteiger partial charge in [-0.1, -0.05) is 280 Å². The Labute approximate surface area is 508 Å². The molecular formula is C72H134N2O7P+. The molecule has 3 atom stereocenters. The highest BCUT2D eigenvalue weighted by Crippen LogP contribution is 2.43. The van der Waals surface area contributed by atoms with Crippen LogP contribution in [0.15, 0.2) is 72.9 Å². The number of allylic oxidation sites excluding steroid dienone is 11. The summed E-state index contributed by atoms with van der Waals surface area (Å²) in [5.41, 5.74) is 0. The number of quaternary nitrogens is 1. The van der Waals surface area contributed by atoms with Gasteiger partial charge in [0.2, 0.25) is 5.91 Å². The monoisotopic (exact) mass is 1170 g/mol. The first-order valence-electron chi connectivity index (χ1n) is 34.8. The average Bonchev–Trinajstić information content (AvgIpc) is 3.47. The van der Waals surface area contributed by atoms with Gasteiger partial charge in [-0.3, -0.25) is 18.6 Å². The number of nitrogens with zero attached hydrogens (tertiary/aromatic N) is 1. The molecule has 3 unspecified atom stereocenters. The van der Waals surface area contributed by atoms with Crippen LogP contribution in [-0.4, -0.2) is 74.3 Å². The molecule has 0 rings (SSSR count). The molecule has 0 aliphatic heterocycles. The van der Waals surface area contributed by atoms with Gasteiger partial charge in [0.05, 0.1) is 33.8 Å². The van der Waals surface area contributed by atoms with Crippen LogP contribution in [0.3, 0.4) is 0 Å². The molecule has 0 aromatic rings. The molecule has 0 saturated carbocycles. The van der Waals surface area contributed by atoms with Gasteiger partial charge in [-0.2, -0.15) is 0 Å². The predicted molar refractivity (Wildman–Crippen MR) is 355 cm³/mol. The van der Waals surface area contributed by atoms with Crippen molar-refractivity contribution in [3.05, 3.63) is 72.9 Å². The number of phosphoric ester groups is 1. The molecule has 0 aromatic carbocycles. The molecule has 0 saturated heterocycles. The van der Waals surface area contributed by atoms with Crippen LogP contribution < -0.4 is 5.32 Å². The molecule has 478 valence electrons. The van der Waals surface area contributed by atoms with Crippen molar-refractivity contribution in [1.82, 2.24) is 5.32 Å². The third kappa shape index (κ3) is 62.0. The van der Waals surface area contributed by atoms with Gasteiger partial charge >= 0.3 is 13.8 Å². The zero-order valence-corrected chi connectivity index (χ0v) is 55.6. The van der Waals surface area contributed by atoms with E-state index < -0.39 is 20.0 Å². The maximum atomic E-state index is 13.6. The Balaban J connectivity index is 5.04. The number of phosphoric acid groups is 1. The van der Waals surface area contributed by atoms with Crippen LogP contribution >= 0.6 is 7.82 Å². The summed E-state index contributed by atoms with van der Waals surface area (Å²) in [6.45, 7) is 6.98. The number of rotatable bonds is 63. The summed E-state index contributed by atoms with van der Waals surface area (Å²) >= 11 is 0. The van der Waals surface area contributed by atoms with E-state index >= 15 is 0 Å². The van der Waals surface area contributed by atoms with Gasteiger partial charge < -0.3 is 19.4 Å². The summed E-state index contributed by atoms with van der Waals surface area (Å²) in [5, 5.41) is 3.07. The Kier molecular flexibility index (Phi) is 59.6. The second kappa shape index (κ2) is 61.5. The van der Waals surface area contributed by atoms with E-state index in [2.05, 4.69) is 86.8 Å². The minimum Gasteiger partial charge on any atom is -0.456 e. The Bertz CT molecular complexity index is 1630. The van der Waals surface area contributed by atoms with Crippen LogP contribution in [0.4, 0.5) is 0 Å². The largest absolute Gasteiger partial charge is 0.472 e. The second-order valence-electron chi connectivity index (χ2n) is 24.7. The van der Waals surface area contributed by atoms with Crippen LogP contribution in [0, 0.1) is 0 Å². The summed E-state index contributed by atoms with van der Waals surface area (Å²) in [4.78, 5) is 37.8. The fourth-order valence-electron chi connectivity index (χ4n) is 9.98. The number of ether oxygens (including phenoxy) is 1. The lowest BCUT2D eigenvalue weighted by Crippen LogP contribution is -2.47. The molecule has 82 heavy (non-hydrogen) atoms. The highest BCUT2D eigenvalue weighted by Gasteiger charge is 2.30. The van der Waals surface area contributed by atoms with Crippen LogP contribution in [0.1, 0.15) is 323 Å².